The summed E-state index contributed by atoms with van der Waals surface area (Å²) in [6.45, 7) is 2.98. The Balaban J connectivity index is 1.76. The molecule has 2 aliphatic rings. The molecule has 3 rings (SSSR count). The molecule has 0 bridgehead atoms. The van der Waals surface area contributed by atoms with E-state index in [1.807, 2.05) is 14.1 Å². The lowest BCUT2D eigenvalue weighted by Crippen LogP contribution is -2.34. The van der Waals surface area contributed by atoms with Crippen molar-refractivity contribution in [2.24, 2.45) is 15.9 Å². The average Bonchev–Trinajstić information content (AvgIpc) is 3.49. The molecular weight excluding hydrogens is 320 g/mol. The lowest BCUT2D eigenvalue weighted by atomic mass is 10.1. The minimum Gasteiger partial charge on any atom is -0.355 e. The summed E-state index contributed by atoms with van der Waals surface area (Å²) in [7, 11) is 3.86. The number of aliphatic imine (C=N–C) groups is 2. The first-order valence-electron chi connectivity index (χ1n) is 9.05. The van der Waals surface area contributed by atoms with Gasteiger partial charge in [-0.1, -0.05) is 29.8 Å². The second kappa shape index (κ2) is 8.05. The highest BCUT2D eigenvalue weighted by Gasteiger charge is 2.23. The Morgan fingerprint density at radius 2 is 2.12 bits per heavy atom. The number of hydrogen-bond donors (Lipinski definition) is 1. The zero-order valence-corrected chi connectivity index (χ0v) is 15.8. The van der Waals surface area contributed by atoms with Crippen LogP contribution in [-0.4, -0.2) is 37.2 Å². The van der Waals surface area contributed by atoms with Gasteiger partial charge >= 0.3 is 0 Å². The van der Waals surface area contributed by atoms with E-state index in [0.717, 1.165) is 41.1 Å². The van der Waals surface area contributed by atoms with Crippen LogP contribution in [0.2, 0.25) is 0 Å². The molecule has 1 fully saturated rings. The molecule has 4 heteroatoms. The summed E-state index contributed by atoms with van der Waals surface area (Å²) in [5.74, 6) is 6.06. The van der Waals surface area contributed by atoms with Crippen LogP contribution in [0.15, 0.2) is 57.8 Å². The normalized spacial score (nSPS) is 18.2. The van der Waals surface area contributed by atoms with Gasteiger partial charge in [0.2, 0.25) is 0 Å². The van der Waals surface area contributed by atoms with Crippen LogP contribution >= 0.6 is 0 Å². The maximum Gasteiger partial charge on any atom is 0.138 e. The molecule has 1 aromatic carbocycles. The average molecular weight is 346 g/mol. The van der Waals surface area contributed by atoms with E-state index in [9.17, 15) is 0 Å². The van der Waals surface area contributed by atoms with Crippen molar-refractivity contribution >= 4 is 11.7 Å². The van der Waals surface area contributed by atoms with E-state index in [-0.39, 0.29) is 0 Å². The number of amidine groups is 2. The molecule has 0 saturated heterocycles. The number of nitrogens with zero attached hydrogens (tertiary/aromatic N) is 3. The fourth-order valence-electron chi connectivity index (χ4n) is 2.97. The van der Waals surface area contributed by atoms with E-state index in [4.69, 9.17) is 11.4 Å². The van der Waals surface area contributed by atoms with E-state index in [1.54, 1.807) is 0 Å². The van der Waals surface area contributed by atoms with Crippen molar-refractivity contribution in [3.8, 4) is 12.3 Å². The van der Waals surface area contributed by atoms with Crippen molar-refractivity contribution in [1.82, 2.24) is 10.2 Å². The molecular formula is C22H26N4. The molecule has 0 amide bonds. The van der Waals surface area contributed by atoms with Gasteiger partial charge in [0.1, 0.15) is 17.5 Å². The largest absolute Gasteiger partial charge is 0.355 e. The lowest BCUT2D eigenvalue weighted by Gasteiger charge is -2.25. The first kappa shape index (κ1) is 18.0. The summed E-state index contributed by atoms with van der Waals surface area (Å²) in [6, 6.07) is 8.29. The number of terminal acetylenes is 1. The van der Waals surface area contributed by atoms with Crippen molar-refractivity contribution in [3.05, 3.63) is 58.9 Å². The maximum atomic E-state index is 5.38. The van der Waals surface area contributed by atoms with Gasteiger partial charge in [-0.25, -0.2) is 4.99 Å². The fourth-order valence-corrected chi connectivity index (χ4v) is 2.97. The molecule has 0 radical (unpaired) electrons. The standard InChI is InChI=1S/C22H26N4/c1-5-6-17-7-9-19(10-8-17)22-25-20(13-14-26(22)4)24-21(23-3)15-16(2)18-11-12-18/h1,7-10,13,15,18H,6,11-12,14H2,2-4H3,(H,23,24)/b16-15+. The van der Waals surface area contributed by atoms with Crippen molar-refractivity contribution in [2.75, 3.05) is 20.6 Å². The van der Waals surface area contributed by atoms with Crippen molar-refractivity contribution < 1.29 is 0 Å². The van der Waals surface area contributed by atoms with E-state index in [1.165, 1.54) is 18.4 Å². The highest BCUT2D eigenvalue weighted by atomic mass is 15.2. The monoisotopic (exact) mass is 346 g/mol. The topological polar surface area (TPSA) is 40.0 Å². The Kier molecular flexibility index (Phi) is 5.58. The Hall–Kier alpha value is -2.80. The van der Waals surface area contributed by atoms with Crippen molar-refractivity contribution in [3.63, 3.8) is 0 Å². The molecule has 134 valence electrons. The van der Waals surface area contributed by atoms with Crippen LogP contribution in [0.25, 0.3) is 0 Å². The first-order chi connectivity index (χ1) is 12.6. The maximum absolute atomic E-state index is 5.38. The van der Waals surface area contributed by atoms with Crippen LogP contribution in [0.4, 0.5) is 0 Å². The minimum absolute atomic E-state index is 0.651. The van der Waals surface area contributed by atoms with Gasteiger partial charge in [0.25, 0.3) is 0 Å². The highest BCUT2D eigenvalue weighted by Crippen LogP contribution is 2.35. The van der Waals surface area contributed by atoms with E-state index < -0.39 is 0 Å². The van der Waals surface area contributed by atoms with Crippen LogP contribution in [0, 0.1) is 18.3 Å². The van der Waals surface area contributed by atoms with Gasteiger partial charge in [0.05, 0.1) is 0 Å². The zero-order valence-electron chi connectivity index (χ0n) is 15.8. The smallest absolute Gasteiger partial charge is 0.138 e. The Labute approximate surface area is 156 Å². The molecule has 1 aliphatic heterocycles. The molecule has 1 aliphatic carbocycles. The molecule has 1 N–H and O–H groups in total. The molecule has 0 unspecified atom stereocenters. The van der Waals surface area contributed by atoms with Crippen molar-refractivity contribution in [2.45, 2.75) is 26.2 Å². The summed E-state index contributed by atoms with van der Waals surface area (Å²) < 4.78 is 0. The summed E-state index contributed by atoms with van der Waals surface area (Å²) >= 11 is 0. The fraction of sp³-hybridized carbons (Fsp3) is 0.364. The van der Waals surface area contributed by atoms with Gasteiger partial charge in [0.15, 0.2) is 0 Å². The predicted octanol–water partition coefficient (Wildman–Crippen LogP) is 3.37. The quantitative estimate of drug-likeness (QED) is 0.504. The molecule has 26 heavy (non-hydrogen) atoms. The number of rotatable bonds is 5. The van der Waals surface area contributed by atoms with E-state index >= 15 is 0 Å². The summed E-state index contributed by atoms with van der Waals surface area (Å²) in [5, 5.41) is 3.37. The third-order valence-corrected chi connectivity index (χ3v) is 4.75. The number of benzene rings is 1. The third kappa shape index (κ3) is 4.43. The first-order valence-corrected chi connectivity index (χ1v) is 9.05. The highest BCUT2D eigenvalue weighted by molar-refractivity contribution is 6.01. The Morgan fingerprint density at radius 1 is 1.38 bits per heavy atom. The number of likely N-dealkylation sites (N-methyl/N-ethyl adjacent to an activating group) is 1. The number of allylic oxidation sites excluding steroid dienone is 1. The van der Waals surface area contributed by atoms with Gasteiger partial charge in [-0.2, -0.15) is 0 Å². The molecule has 1 saturated carbocycles. The van der Waals surface area contributed by atoms with Gasteiger partial charge in [-0.05, 0) is 43.4 Å². The van der Waals surface area contributed by atoms with Gasteiger partial charge < -0.3 is 10.2 Å². The predicted molar refractivity (Wildman–Crippen MR) is 109 cm³/mol. The minimum atomic E-state index is 0.651. The second-order valence-corrected chi connectivity index (χ2v) is 6.88. The van der Waals surface area contributed by atoms with Gasteiger partial charge in [-0.15, -0.1) is 12.3 Å². The van der Waals surface area contributed by atoms with Crippen LogP contribution in [-0.2, 0) is 6.42 Å². The Morgan fingerprint density at radius 3 is 2.73 bits per heavy atom. The van der Waals surface area contributed by atoms with E-state index in [0.29, 0.717) is 6.42 Å². The van der Waals surface area contributed by atoms with Gasteiger partial charge in [-0.3, -0.25) is 4.99 Å². The molecule has 1 aromatic rings. The second-order valence-electron chi connectivity index (χ2n) is 6.88. The van der Waals surface area contributed by atoms with E-state index in [2.05, 4.69) is 64.5 Å². The number of nitrogens with one attached hydrogen (secondary N) is 1. The molecule has 0 aromatic heterocycles. The molecule has 4 nitrogen and oxygen atoms in total. The molecule has 0 atom stereocenters. The summed E-state index contributed by atoms with van der Waals surface area (Å²) in [4.78, 5) is 11.3. The Bertz CT molecular complexity index is 815. The van der Waals surface area contributed by atoms with Crippen LogP contribution < -0.4 is 5.32 Å². The van der Waals surface area contributed by atoms with Crippen molar-refractivity contribution in [1.29, 1.82) is 0 Å². The van der Waals surface area contributed by atoms with Crippen LogP contribution in [0.3, 0.4) is 0 Å². The van der Waals surface area contributed by atoms with Gasteiger partial charge in [0, 0.05) is 32.6 Å². The van der Waals surface area contributed by atoms with Crippen LogP contribution in [0.1, 0.15) is 30.9 Å². The SMILES string of the molecule is C#CCc1ccc(C2=NC(NC(/C=C(\C)C3CC3)=NC)=CCN2C)cc1. The molecule has 0 spiro atoms. The zero-order chi connectivity index (χ0) is 18.5. The number of hydrogen-bond acceptors (Lipinski definition) is 3. The third-order valence-electron chi connectivity index (χ3n) is 4.75. The summed E-state index contributed by atoms with van der Waals surface area (Å²) in [5.41, 5.74) is 3.62. The molecule has 1 heterocycles. The lowest BCUT2D eigenvalue weighted by molar-refractivity contribution is 0.550. The van der Waals surface area contributed by atoms with Crippen LogP contribution in [0.5, 0.6) is 0 Å². The summed E-state index contributed by atoms with van der Waals surface area (Å²) in [6.07, 6.45) is 12.9.